The quantitative estimate of drug-likeness (QED) is 0.888. The van der Waals surface area contributed by atoms with Crippen LogP contribution < -0.4 is 5.73 Å². The molecular formula is C16H26N2. The summed E-state index contributed by atoms with van der Waals surface area (Å²) in [6, 6.07) is 10.5. The molecule has 0 radical (unpaired) electrons. The highest BCUT2D eigenvalue weighted by atomic mass is 15.2. The van der Waals surface area contributed by atoms with E-state index in [1.807, 2.05) is 6.07 Å². The third kappa shape index (κ3) is 3.12. The smallest absolute Gasteiger partial charge is 0.0509 e. The van der Waals surface area contributed by atoms with Gasteiger partial charge >= 0.3 is 0 Å². The Morgan fingerprint density at radius 1 is 1.22 bits per heavy atom. The van der Waals surface area contributed by atoms with E-state index in [2.05, 4.69) is 49.9 Å². The summed E-state index contributed by atoms with van der Waals surface area (Å²) in [5.41, 5.74) is 7.49. The number of nitrogens with zero attached hydrogens (tertiary/aromatic N) is 1. The summed E-state index contributed by atoms with van der Waals surface area (Å²) in [6.07, 6.45) is 1.30. The van der Waals surface area contributed by atoms with Gasteiger partial charge in [0.05, 0.1) is 5.54 Å². The molecule has 1 aliphatic heterocycles. The first-order chi connectivity index (χ1) is 8.49. The first-order valence-corrected chi connectivity index (χ1v) is 7.06. The SMILES string of the molecule is CC1CCN(CC(C)(N)c2ccccc2)CC1C. The number of benzene rings is 1. The monoisotopic (exact) mass is 246 g/mol. The average molecular weight is 246 g/mol. The van der Waals surface area contributed by atoms with E-state index < -0.39 is 0 Å². The Hall–Kier alpha value is -0.860. The van der Waals surface area contributed by atoms with Crippen LogP contribution >= 0.6 is 0 Å². The predicted octanol–water partition coefficient (Wildman–Crippen LogP) is 2.84. The second-order valence-corrected chi connectivity index (χ2v) is 6.26. The van der Waals surface area contributed by atoms with Crippen molar-refractivity contribution in [3.8, 4) is 0 Å². The van der Waals surface area contributed by atoms with E-state index in [0.29, 0.717) is 0 Å². The molecule has 2 N–H and O–H groups in total. The lowest BCUT2D eigenvalue weighted by atomic mass is 9.86. The first-order valence-electron chi connectivity index (χ1n) is 7.06. The van der Waals surface area contributed by atoms with Crippen LogP contribution in [0.2, 0.25) is 0 Å². The van der Waals surface area contributed by atoms with Crippen molar-refractivity contribution in [3.05, 3.63) is 35.9 Å². The van der Waals surface area contributed by atoms with Gasteiger partial charge in [0.15, 0.2) is 0 Å². The molecule has 1 aromatic rings. The number of rotatable bonds is 3. The Bertz CT molecular complexity index is 372. The fraction of sp³-hybridized carbons (Fsp3) is 0.625. The molecule has 0 aliphatic carbocycles. The fourth-order valence-electron chi connectivity index (χ4n) is 2.87. The lowest BCUT2D eigenvalue weighted by molar-refractivity contribution is 0.115. The molecule has 18 heavy (non-hydrogen) atoms. The lowest BCUT2D eigenvalue weighted by Gasteiger charge is -2.39. The van der Waals surface area contributed by atoms with Crippen molar-refractivity contribution < 1.29 is 0 Å². The highest BCUT2D eigenvalue weighted by Crippen LogP contribution is 2.26. The molecule has 2 nitrogen and oxygen atoms in total. The van der Waals surface area contributed by atoms with Gasteiger partial charge in [0.25, 0.3) is 0 Å². The van der Waals surface area contributed by atoms with Crippen LogP contribution in [-0.4, -0.2) is 24.5 Å². The Balaban J connectivity index is 2.00. The van der Waals surface area contributed by atoms with Gasteiger partial charge in [0.2, 0.25) is 0 Å². The molecule has 3 atom stereocenters. The number of piperidine rings is 1. The van der Waals surface area contributed by atoms with Crippen molar-refractivity contribution in [1.29, 1.82) is 0 Å². The second kappa shape index (κ2) is 5.41. The van der Waals surface area contributed by atoms with Crippen LogP contribution in [0.1, 0.15) is 32.8 Å². The van der Waals surface area contributed by atoms with Gasteiger partial charge in [-0.25, -0.2) is 0 Å². The maximum absolute atomic E-state index is 6.51. The van der Waals surface area contributed by atoms with Gasteiger partial charge in [-0.3, -0.25) is 0 Å². The van der Waals surface area contributed by atoms with E-state index in [-0.39, 0.29) is 5.54 Å². The highest BCUT2D eigenvalue weighted by molar-refractivity contribution is 5.23. The standard InChI is InChI=1S/C16H26N2/c1-13-9-10-18(11-14(13)2)12-16(3,17)15-7-5-4-6-8-15/h4-8,13-14H,9-12,17H2,1-3H3. The van der Waals surface area contributed by atoms with Crippen LogP contribution in [-0.2, 0) is 5.54 Å². The molecule has 2 rings (SSSR count). The van der Waals surface area contributed by atoms with Crippen molar-refractivity contribution >= 4 is 0 Å². The Morgan fingerprint density at radius 3 is 2.50 bits per heavy atom. The van der Waals surface area contributed by atoms with Gasteiger partial charge in [-0.15, -0.1) is 0 Å². The van der Waals surface area contributed by atoms with Crippen molar-refractivity contribution in [3.63, 3.8) is 0 Å². The minimum Gasteiger partial charge on any atom is -0.321 e. The first kappa shape index (κ1) is 13.6. The van der Waals surface area contributed by atoms with Gasteiger partial charge in [-0.1, -0.05) is 44.2 Å². The van der Waals surface area contributed by atoms with E-state index in [1.54, 1.807) is 0 Å². The Kier molecular flexibility index (Phi) is 4.08. The van der Waals surface area contributed by atoms with Gasteiger partial charge < -0.3 is 10.6 Å². The Morgan fingerprint density at radius 2 is 1.89 bits per heavy atom. The summed E-state index contributed by atoms with van der Waals surface area (Å²) in [4.78, 5) is 2.53. The minimum atomic E-state index is -0.248. The van der Waals surface area contributed by atoms with Crippen LogP contribution in [0.3, 0.4) is 0 Å². The third-order valence-corrected chi connectivity index (χ3v) is 4.40. The fourth-order valence-corrected chi connectivity index (χ4v) is 2.87. The summed E-state index contributed by atoms with van der Waals surface area (Å²) >= 11 is 0. The predicted molar refractivity (Wildman–Crippen MR) is 77.4 cm³/mol. The lowest BCUT2D eigenvalue weighted by Crippen LogP contribution is -2.49. The molecule has 1 aliphatic rings. The van der Waals surface area contributed by atoms with E-state index in [4.69, 9.17) is 5.73 Å². The zero-order chi connectivity index (χ0) is 13.2. The summed E-state index contributed by atoms with van der Waals surface area (Å²) < 4.78 is 0. The molecule has 0 spiro atoms. The van der Waals surface area contributed by atoms with E-state index in [1.165, 1.54) is 25.1 Å². The topological polar surface area (TPSA) is 29.3 Å². The largest absolute Gasteiger partial charge is 0.321 e. The minimum absolute atomic E-state index is 0.248. The third-order valence-electron chi connectivity index (χ3n) is 4.40. The van der Waals surface area contributed by atoms with Gasteiger partial charge in [0, 0.05) is 13.1 Å². The molecular weight excluding hydrogens is 220 g/mol. The highest BCUT2D eigenvalue weighted by Gasteiger charge is 2.29. The zero-order valence-corrected chi connectivity index (χ0v) is 11.9. The van der Waals surface area contributed by atoms with Crippen LogP contribution in [0.25, 0.3) is 0 Å². The van der Waals surface area contributed by atoms with Crippen molar-refractivity contribution in [1.82, 2.24) is 4.90 Å². The average Bonchev–Trinajstić information content (AvgIpc) is 2.35. The maximum atomic E-state index is 6.51. The summed E-state index contributed by atoms with van der Waals surface area (Å²) in [5.74, 6) is 1.63. The zero-order valence-electron chi connectivity index (χ0n) is 11.9. The van der Waals surface area contributed by atoms with Crippen molar-refractivity contribution in [2.45, 2.75) is 32.7 Å². The molecule has 1 aromatic carbocycles. The molecule has 2 heteroatoms. The molecule has 0 saturated carbocycles. The normalized spacial score (nSPS) is 28.9. The molecule has 1 saturated heterocycles. The molecule has 1 fully saturated rings. The van der Waals surface area contributed by atoms with E-state index in [9.17, 15) is 0 Å². The number of hydrogen-bond acceptors (Lipinski definition) is 2. The van der Waals surface area contributed by atoms with Gasteiger partial charge in [-0.05, 0) is 37.3 Å². The van der Waals surface area contributed by atoms with Crippen LogP contribution in [0.15, 0.2) is 30.3 Å². The molecule has 0 aromatic heterocycles. The number of nitrogens with two attached hydrogens (primary N) is 1. The summed E-state index contributed by atoms with van der Waals surface area (Å²) in [5, 5.41) is 0. The maximum Gasteiger partial charge on any atom is 0.0509 e. The number of likely N-dealkylation sites (tertiary alicyclic amines) is 1. The van der Waals surface area contributed by atoms with Crippen LogP contribution in [0.4, 0.5) is 0 Å². The Labute approximate surface area is 111 Å². The molecule has 0 bridgehead atoms. The molecule has 1 heterocycles. The van der Waals surface area contributed by atoms with E-state index in [0.717, 1.165) is 18.4 Å². The van der Waals surface area contributed by atoms with Crippen LogP contribution in [0, 0.1) is 11.8 Å². The second-order valence-electron chi connectivity index (χ2n) is 6.26. The van der Waals surface area contributed by atoms with E-state index >= 15 is 0 Å². The van der Waals surface area contributed by atoms with Gasteiger partial charge in [0.1, 0.15) is 0 Å². The van der Waals surface area contributed by atoms with Crippen molar-refractivity contribution in [2.75, 3.05) is 19.6 Å². The molecule has 100 valence electrons. The summed E-state index contributed by atoms with van der Waals surface area (Å²) in [7, 11) is 0. The molecule has 0 amide bonds. The number of hydrogen-bond donors (Lipinski definition) is 1. The summed E-state index contributed by atoms with van der Waals surface area (Å²) in [6.45, 7) is 10.2. The van der Waals surface area contributed by atoms with Crippen molar-refractivity contribution in [2.24, 2.45) is 17.6 Å². The van der Waals surface area contributed by atoms with Gasteiger partial charge in [-0.2, -0.15) is 0 Å². The molecule has 3 unspecified atom stereocenters. The van der Waals surface area contributed by atoms with Crippen LogP contribution in [0.5, 0.6) is 0 Å².